The quantitative estimate of drug-likeness (QED) is 0.437. The standard InChI is InChI=1S/C11H24FN2O3P/c1-9(2)13-3-4-16-5-6-17-8-10(12)7-14-11(15)18/h9-10,13H,3-8,18H2,1-2H3,(H,14,15). The molecule has 0 aliphatic rings. The summed E-state index contributed by atoms with van der Waals surface area (Å²) in [6, 6.07) is 0.448. The summed E-state index contributed by atoms with van der Waals surface area (Å²) < 4.78 is 23.4. The molecule has 0 rings (SSSR count). The second-order valence-corrected chi connectivity index (χ2v) is 4.66. The molecule has 5 nitrogen and oxygen atoms in total. The Bertz CT molecular complexity index is 220. The molecule has 0 spiro atoms. The van der Waals surface area contributed by atoms with Gasteiger partial charge in [-0.2, -0.15) is 0 Å². The Balaban J connectivity index is 3.17. The van der Waals surface area contributed by atoms with Gasteiger partial charge >= 0.3 is 0 Å². The normalized spacial score (nSPS) is 12.7. The van der Waals surface area contributed by atoms with Crippen LogP contribution in [0.4, 0.5) is 9.18 Å². The minimum atomic E-state index is -1.18. The maximum atomic E-state index is 13.1. The van der Waals surface area contributed by atoms with Gasteiger partial charge in [0, 0.05) is 12.6 Å². The van der Waals surface area contributed by atoms with Crippen molar-refractivity contribution in [2.45, 2.75) is 26.1 Å². The smallest absolute Gasteiger partial charge is 0.234 e. The van der Waals surface area contributed by atoms with Gasteiger partial charge in [-0.15, -0.1) is 0 Å². The van der Waals surface area contributed by atoms with Gasteiger partial charge in [0.2, 0.25) is 5.65 Å². The number of rotatable bonds is 11. The van der Waals surface area contributed by atoms with Gasteiger partial charge in [-0.1, -0.05) is 13.8 Å². The summed E-state index contributed by atoms with van der Waals surface area (Å²) in [6.07, 6.45) is -1.18. The third kappa shape index (κ3) is 13.8. The highest BCUT2D eigenvalue weighted by molar-refractivity contribution is 7.39. The topological polar surface area (TPSA) is 59.6 Å². The highest BCUT2D eigenvalue weighted by atomic mass is 31.0. The Morgan fingerprint density at radius 2 is 1.94 bits per heavy atom. The zero-order valence-corrected chi connectivity index (χ0v) is 12.2. The highest BCUT2D eigenvalue weighted by Gasteiger charge is 2.06. The lowest BCUT2D eigenvalue weighted by molar-refractivity contribution is 0.0274. The van der Waals surface area contributed by atoms with Crippen molar-refractivity contribution in [3.8, 4) is 0 Å². The molecule has 7 heteroatoms. The van der Waals surface area contributed by atoms with Crippen LogP contribution in [0.1, 0.15) is 13.8 Å². The first-order valence-corrected chi connectivity index (χ1v) is 6.66. The van der Waals surface area contributed by atoms with Crippen LogP contribution in [0.2, 0.25) is 0 Å². The molecular weight excluding hydrogens is 258 g/mol. The van der Waals surface area contributed by atoms with Crippen molar-refractivity contribution in [3.05, 3.63) is 0 Å². The van der Waals surface area contributed by atoms with Gasteiger partial charge < -0.3 is 20.1 Å². The van der Waals surface area contributed by atoms with Crippen LogP contribution in [0.15, 0.2) is 0 Å². The molecular formula is C11H24FN2O3P. The monoisotopic (exact) mass is 282 g/mol. The lowest BCUT2D eigenvalue weighted by Crippen LogP contribution is -2.29. The molecule has 0 aromatic heterocycles. The van der Waals surface area contributed by atoms with E-state index < -0.39 is 6.17 Å². The molecule has 0 fully saturated rings. The molecule has 108 valence electrons. The molecule has 18 heavy (non-hydrogen) atoms. The van der Waals surface area contributed by atoms with Gasteiger partial charge in [0.1, 0.15) is 6.17 Å². The molecule has 0 heterocycles. The fraction of sp³-hybridized carbons (Fsp3) is 0.909. The van der Waals surface area contributed by atoms with Crippen LogP contribution in [0.5, 0.6) is 0 Å². The van der Waals surface area contributed by atoms with E-state index >= 15 is 0 Å². The number of alkyl halides is 1. The number of amides is 1. The number of carbonyl (C=O) groups is 1. The molecule has 2 unspecified atom stereocenters. The lowest BCUT2D eigenvalue weighted by Gasteiger charge is -2.10. The Hall–Kier alpha value is -0.290. The summed E-state index contributed by atoms with van der Waals surface area (Å²) in [5.74, 6) is 0. The van der Waals surface area contributed by atoms with E-state index in [0.717, 1.165) is 6.54 Å². The maximum Gasteiger partial charge on any atom is 0.234 e. The largest absolute Gasteiger partial charge is 0.378 e. The first kappa shape index (κ1) is 17.7. The van der Waals surface area contributed by atoms with Crippen molar-refractivity contribution in [3.63, 3.8) is 0 Å². The van der Waals surface area contributed by atoms with Crippen molar-refractivity contribution in [2.24, 2.45) is 0 Å². The van der Waals surface area contributed by atoms with E-state index in [2.05, 4.69) is 24.5 Å². The van der Waals surface area contributed by atoms with Crippen molar-refractivity contribution in [1.29, 1.82) is 0 Å². The molecule has 0 aromatic rings. The fourth-order valence-electron chi connectivity index (χ4n) is 1.12. The molecule has 2 atom stereocenters. The summed E-state index contributed by atoms with van der Waals surface area (Å²) >= 11 is 0. The summed E-state index contributed by atoms with van der Waals surface area (Å²) in [7, 11) is 1.93. The molecule has 0 saturated carbocycles. The van der Waals surface area contributed by atoms with Crippen LogP contribution in [0.25, 0.3) is 0 Å². The number of halogens is 1. The van der Waals surface area contributed by atoms with E-state index in [1.54, 1.807) is 0 Å². The van der Waals surface area contributed by atoms with Gasteiger partial charge in [0.15, 0.2) is 0 Å². The molecule has 2 N–H and O–H groups in total. The molecule has 1 amide bonds. The summed E-state index contributed by atoms with van der Waals surface area (Å²) in [4.78, 5) is 10.5. The van der Waals surface area contributed by atoms with E-state index in [4.69, 9.17) is 9.47 Å². The van der Waals surface area contributed by atoms with Gasteiger partial charge in [-0.3, -0.25) is 4.79 Å². The second-order valence-electron chi connectivity index (χ2n) is 4.14. The second kappa shape index (κ2) is 11.8. The lowest BCUT2D eigenvalue weighted by atomic mass is 10.4. The number of carbonyl (C=O) groups excluding carboxylic acids is 1. The molecule has 0 radical (unpaired) electrons. The van der Waals surface area contributed by atoms with E-state index in [1.165, 1.54) is 0 Å². The number of hydrogen-bond acceptors (Lipinski definition) is 4. The van der Waals surface area contributed by atoms with Crippen LogP contribution in [-0.2, 0) is 9.47 Å². The summed E-state index contributed by atoms with van der Waals surface area (Å²) in [5, 5.41) is 5.57. The van der Waals surface area contributed by atoms with Crippen LogP contribution in [-0.4, -0.2) is 57.4 Å². The van der Waals surface area contributed by atoms with Crippen molar-refractivity contribution in [2.75, 3.05) is 39.5 Å². The van der Waals surface area contributed by atoms with Gasteiger partial charge in [-0.25, -0.2) is 4.39 Å². The van der Waals surface area contributed by atoms with E-state index in [9.17, 15) is 9.18 Å². The molecule has 0 bridgehead atoms. The van der Waals surface area contributed by atoms with Gasteiger partial charge in [0.05, 0.1) is 33.0 Å². The Morgan fingerprint density at radius 1 is 1.28 bits per heavy atom. The van der Waals surface area contributed by atoms with E-state index in [1.807, 2.05) is 9.24 Å². The Kier molecular flexibility index (Phi) is 11.6. The number of nitrogens with one attached hydrogen (secondary N) is 2. The minimum absolute atomic E-state index is 0.0263. The molecule has 0 aliphatic carbocycles. The third-order valence-electron chi connectivity index (χ3n) is 1.97. The van der Waals surface area contributed by atoms with Crippen LogP contribution < -0.4 is 10.6 Å². The first-order chi connectivity index (χ1) is 8.52. The fourth-order valence-corrected chi connectivity index (χ4v) is 1.24. The van der Waals surface area contributed by atoms with E-state index in [0.29, 0.717) is 25.9 Å². The predicted octanol–water partition coefficient (Wildman–Crippen LogP) is 0.940. The van der Waals surface area contributed by atoms with Gasteiger partial charge in [0.25, 0.3) is 0 Å². The summed E-state index contributed by atoms with van der Waals surface area (Å²) in [6.45, 7) is 6.29. The molecule has 0 saturated heterocycles. The van der Waals surface area contributed by atoms with E-state index in [-0.39, 0.29) is 18.8 Å². The SMILES string of the molecule is CC(C)NCCOCCOCC(F)CNC(=O)P. The average Bonchev–Trinajstić information content (AvgIpc) is 2.29. The molecule has 0 aromatic carbocycles. The molecule has 0 aliphatic heterocycles. The zero-order valence-electron chi connectivity index (χ0n) is 11.1. The van der Waals surface area contributed by atoms with Crippen LogP contribution in [0.3, 0.4) is 0 Å². The van der Waals surface area contributed by atoms with Crippen LogP contribution in [0, 0.1) is 0 Å². The third-order valence-corrected chi connectivity index (χ3v) is 2.17. The Labute approximate surface area is 110 Å². The van der Waals surface area contributed by atoms with Crippen molar-refractivity contribution in [1.82, 2.24) is 10.6 Å². The first-order valence-electron chi connectivity index (χ1n) is 6.08. The average molecular weight is 282 g/mol. The maximum absolute atomic E-state index is 13.1. The Morgan fingerprint density at radius 3 is 2.56 bits per heavy atom. The van der Waals surface area contributed by atoms with Crippen molar-refractivity contribution >= 4 is 14.9 Å². The number of hydrogen-bond donors (Lipinski definition) is 2. The van der Waals surface area contributed by atoms with Crippen molar-refractivity contribution < 1.29 is 18.7 Å². The van der Waals surface area contributed by atoms with Crippen LogP contribution >= 0.6 is 9.24 Å². The highest BCUT2D eigenvalue weighted by Crippen LogP contribution is 1.92. The summed E-state index contributed by atoms with van der Waals surface area (Å²) in [5.41, 5.74) is -0.321. The predicted molar refractivity (Wildman–Crippen MR) is 72.8 cm³/mol. The van der Waals surface area contributed by atoms with Gasteiger partial charge in [-0.05, 0) is 9.24 Å². The zero-order chi connectivity index (χ0) is 13.8. The minimum Gasteiger partial charge on any atom is -0.378 e. The number of ether oxygens (including phenoxy) is 2.